The van der Waals surface area contributed by atoms with Crippen LogP contribution in [0.4, 0.5) is 0 Å². The molecule has 6 rings (SSSR count). The molecular formula is C30H33N7O2. The monoisotopic (exact) mass is 523 g/mol. The number of aryl methyl sites for hydroxylation is 1. The highest BCUT2D eigenvalue weighted by Crippen LogP contribution is 2.35. The van der Waals surface area contributed by atoms with E-state index < -0.39 is 5.91 Å². The van der Waals surface area contributed by atoms with Crippen molar-refractivity contribution in [1.29, 1.82) is 0 Å². The van der Waals surface area contributed by atoms with Crippen LogP contribution >= 0.6 is 0 Å². The summed E-state index contributed by atoms with van der Waals surface area (Å²) >= 11 is 0. The third-order valence-corrected chi connectivity index (χ3v) is 7.59. The normalized spacial score (nSPS) is 16.7. The molecule has 1 aliphatic heterocycles. The molecule has 9 heteroatoms. The van der Waals surface area contributed by atoms with Gasteiger partial charge in [0.1, 0.15) is 12.0 Å². The smallest absolute Gasteiger partial charge is 0.315 e. The minimum absolute atomic E-state index is 0.0314. The van der Waals surface area contributed by atoms with Gasteiger partial charge in [-0.3, -0.25) is 4.79 Å². The molecule has 3 aromatic heterocycles. The molecule has 1 fully saturated rings. The van der Waals surface area contributed by atoms with E-state index in [1.165, 1.54) is 5.56 Å². The molecule has 2 aromatic carbocycles. The molecule has 4 heterocycles. The molecule has 0 radical (unpaired) electrons. The Balaban J connectivity index is 1.28. The molecule has 3 N–H and O–H groups in total. The summed E-state index contributed by atoms with van der Waals surface area (Å²) in [5, 5.41) is 12.5. The molecule has 1 unspecified atom stereocenters. The van der Waals surface area contributed by atoms with Gasteiger partial charge in [-0.1, -0.05) is 50.2 Å². The number of fused-ring (bicyclic) bond motifs is 3. The number of H-pyrrole nitrogens is 1. The third kappa shape index (κ3) is 4.67. The minimum Gasteiger partial charge on any atom is -0.341 e. The van der Waals surface area contributed by atoms with Crippen LogP contribution < -0.4 is 10.6 Å². The summed E-state index contributed by atoms with van der Waals surface area (Å²) in [7, 11) is 0. The number of aromatic amines is 1. The van der Waals surface area contributed by atoms with Gasteiger partial charge in [0, 0.05) is 28.4 Å². The van der Waals surface area contributed by atoms with Crippen LogP contribution in [0.2, 0.25) is 0 Å². The second-order valence-corrected chi connectivity index (χ2v) is 11.5. The van der Waals surface area contributed by atoms with E-state index in [1.807, 2.05) is 40.7 Å². The second kappa shape index (κ2) is 9.57. The Morgan fingerprint density at radius 2 is 2.00 bits per heavy atom. The van der Waals surface area contributed by atoms with E-state index >= 15 is 0 Å². The van der Waals surface area contributed by atoms with Crippen molar-refractivity contribution >= 4 is 27.8 Å². The van der Waals surface area contributed by atoms with E-state index in [0.29, 0.717) is 11.7 Å². The first-order chi connectivity index (χ1) is 18.7. The number of carbonyl (C=O) groups is 1. The van der Waals surface area contributed by atoms with Gasteiger partial charge in [-0.25, -0.2) is 9.97 Å². The molecule has 1 amide bonds. The summed E-state index contributed by atoms with van der Waals surface area (Å²) in [6.45, 7) is 12.0. The van der Waals surface area contributed by atoms with Crippen LogP contribution in [-0.4, -0.2) is 44.1 Å². The SMILES string of the molecule is Cc1cc(-c2ncnc3[nH]c4cc(C5CCNC5)ccc4c23)ccc1[C@@H](C)NC(=O)c1nc(C(C)(C)C)no1. The summed E-state index contributed by atoms with van der Waals surface area (Å²) < 4.78 is 5.21. The van der Waals surface area contributed by atoms with Crippen LogP contribution in [0.15, 0.2) is 47.2 Å². The van der Waals surface area contributed by atoms with Gasteiger partial charge < -0.3 is 20.1 Å². The fraction of sp³-hybridized carbons (Fsp3) is 0.367. The maximum Gasteiger partial charge on any atom is 0.315 e. The predicted octanol–water partition coefficient (Wildman–Crippen LogP) is 5.33. The summed E-state index contributed by atoms with van der Waals surface area (Å²) in [5.41, 5.74) is 6.88. The van der Waals surface area contributed by atoms with Crippen molar-refractivity contribution in [3.8, 4) is 11.3 Å². The lowest BCUT2D eigenvalue weighted by molar-refractivity contribution is 0.0895. The van der Waals surface area contributed by atoms with Gasteiger partial charge in [-0.2, -0.15) is 4.98 Å². The first kappa shape index (κ1) is 25.2. The highest BCUT2D eigenvalue weighted by molar-refractivity contribution is 6.12. The van der Waals surface area contributed by atoms with E-state index in [1.54, 1.807) is 6.33 Å². The number of hydrogen-bond donors (Lipinski definition) is 3. The lowest BCUT2D eigenvalue weighted by Gasteiger charge is -2.16. The molecule has 0 saturated carbocycles. The zero-order chi connectivity index (χ0) is 27.3. The molecule has 0 bridgehead atoms. The van der Waals surface area contributed by atoms with Crippen LogP contribution in [0.3, 0.4) is 0 Å². The van der Waals surface area contributed by atoms with Gasteiger partial charge in [0.05, 0.1) is 17.1 Å². The molecule has 39 heavy (non-hydrogen) atoms. The average Bonchev–Trinajstić information content (AvgIpc) is 3.67. The molecule has 9 nitrogen and oxygen atoms in total. The minimum atomic E-state index is -0.391. The molecule has 0 aliphatic carbocycles. The standard InChI is InChI=1S/C30H33N7O2/c1-16-12-19(7-8-21(16)17(2)34-27(38)28-36-29(37-39-28)30(3,4)5)25-24-22-9-6-18(20-10-11-31-14-20)13-23(22)35-26(24)33-15-32-25/h6-9,12-13,15,17,20,31H,10-11,14H2,1-5H3,(H,34,38)(H,32,33,35)/t17-,20?/m1/s1. The van der Waals surface area contributed by atoms with Crippen molar-refractivity contribution in [3.63, 3.8) is 0 Å². The van der Waals surface area contributed by atoms with Crippen molar-refractivity contribution in [1.82, 2.24) is 35.7 Å². The van der Waals surface area contributed by atoms with E-state index in [0.717, 1.165) is 63.8 Å². The summed E-state index contributed by atoms with van der Waals surface area (Å²) in [5.74, 6) is 0.625. The van der Waals surface area contributed by atoms with Crippen LogP contribution in [0.25, 0.3) is 33.2 Å². The van der Waals surface area contributed by atoms with Gasteiger partial charge in [0.2, 0.25) is 0 Å². The zero-order valence-corrected chi connectivity index (χ0v) is 22.9. The van der Waals surface area contributed by atoms with Crippen LogP contribution in [0.1, 0.15) is 79.3 Å². The van der Waals surface area contributed by atoms with Crippen molar-refractivity contribution < 1.29 is 9.32 Å². The quantitative estimate of drug-likeness (QED) is 0.284. The van der Waals surface area contributed by atoms with E-state index in [2.05, 4.69) is 66.1 Å². The number of carbonyl (C=O) groups excluding carboxylic acids is 1. The Morgan fingerprint density at radius 1 is 1.15 bits per heavy atom. The summed E-state index contributed by atoms with van der Waals surface area (Å²) in [6.07, 6.45) is 2.77. The zero-order valence-electron chi connectivity index (χ0n) is 22.9. The van der Waals surface area contributed by atoms with Crippen LogP contribution in [0, 0.1) is 6.92 Å². The number of rotatable bonds is 5. The average molecular weight is 524 g/mol. The van der Waals surface area contributed by atoms with Gasteiger partial charge >= 0.3 is 11.8 Å². The number of hydrogen-bond acceptors (Lipinski definition) is 7. The second-order valence-electron chi connectivity index (χ2n) is 11.5. The molecule has 5 aromatic rings. The third-order valence-electron chi connectivity index (χ3n) is 7.59. The first-order valence-electron chi connectivity index (χ1n) is 13.4. The fourth-order valence-electron chi connectivity index (χ4n) is 5.42. The lowest BCUT2D eigenvalue weighted by Crippen LogP contribution is -2.27. The highest BCUT2D eigenvalue weighted by atomic mass is 16.5. The number of nitrogens with one attached hydrogen (secondary N) is 3. The van der Waals surface area contributed by atoms with E-state index in [9.17, 15) is 4.79 Å². The van der Waals surface area contributed by atoms with Crippen molar-refractivity contribution in [2.45, 2.75) is 58.4 Å². The maximum atomic E-state index is 12.8. The van der Waals surface area contributed by atoms with E-state index in [4.69, 9.17) is 4.52 Å². The van der Waals surface area contributed by atoms with Crippen LogP contribution in [-0.2, 0) is 5.41 Å². The molecule has 200 valence electrons. The van der Waals surface area contributed by atoms with Crippen molar-refractivity contribution in [2.24, 2.45) is 0 Å². The largest absolute Gasteiger partial charge is 0.341 e. The van der Waals surface area contributed by atoms with Crippen molar-refractivity contribution in [2.75, 3.05) is 13.1 Å². The topological polar surface area (TPSA) is 122 Å². The Kier molecular flexibility index (Phi) is 6.18. The lowest BCUT2D eigenvalue weighted by atomic mass is 9.95. The summed E-state index contributed by atoms with van der Waals surface area (Å²) in [4.78, 5) is 29.8. The highest BCUT2D eigenvalue weighted by Gasteiger charge is 2.25. The Morgan fingerprint density at radius 3 is 2.72 bits per heavy atom. The maximum absolute atomic E-state index is 12.8. The Bertz CT molecular complexity index is 1690. The van der Waals surface area contributed by atoms with Gasteiger partial charge in [0.15, 0.2) is 5.82 Å². The molecule has 1 saturated heterocycles. The van der Waals surface area contributed by atoms with E-state index in [-0.39, 0.29) is 17.3 Å². The fourth-order valence-corrected chi connectivity index (χ4v) is 5.42. The van der Waals surface area contributed by atoms with Crippen molar-refractivity contribution in [3.05, 3.63) is 71.1 Å². The van der Waals surface area contributed by atoms with Gasteiger partial charge in [-0.15, -0.1) is 0 Å². The number of amides is 1. The predicted molar refractivity (Wildman–Crippen MR) is 151 cm³/mol. The molecule has 2 atom stereocenters. The molecular weight excluding hydrogens is 490 g/mol. The first-order valence-corrected chi connectivity index (χ1v) is 13.4. The van der Waals surface area contributed by atoms with Crippen LogP contribution in [0.5, 0.6) is 0 Å². The summed E-state index contributed by atoms with van der Waals surface area (Å²) in [6, 6.07) is 12.6. The van der Waals surface area contributed by atoms with Gasteiger partial charge in [-0.05, 0) is 61.6 Å². The van der Waals surface area contributed by atoms with Gasteiger partial charge in [0.25, 0.3) is 0 Å². The molecule has 0 spiro atoms. The number of aromatic nitrogens is 5. The number of benzene rings is 2. The number of nitrogens with zero attached hydrogens (tertiary/aromatic N) is 4. The Hall–Kier alpha value is -4.11. The molecule has 1 aliphatic rings. The Labute approximate surface area is 226 Å².